The zero-order valence-electron chi connectivity index (χ0n) is 16.7. The topological polar surface area (TPSA) is 96.4 Å². The van der Waals surface area contributed by atoms with Gasteiger partial charge in [0.15, 0.2) is 0 Å². The van der Waals surface area contributed by atoms with Gasteiger partial charge in [0.25, 0.3) is 0 Å². The maximum absolute atomic E-state index is 12.8. The molecule has 0 bridgehead atoms. The average Bonchev–Trinajstić information content (AvgIpc) is 3.04. The quantitative estimate of drug-likeness (QED) is 0.395. The van der Waals surface area contributed by atoms with Crippen molar-refractivity contribution in [2.75, 3.05) is 19.8 Å². The summed E-state index contributed by atoms with van der Waals surface area (Å²) in [5.41, 5.74) is 0.906. The molecule has 29 heavy (non-hydrogen) atoms. The molecule has 3 aliphatic rings. The van der Waals surface area contributed by atoms with Crippen LogP contribution in [0.15, 0.2) is 36.6 Å². The van der Waals surface area contributed by atoms with Gasteiger partial charge in [-0.3, -0.25) is 4.79 Å². The number of piperidine rings is 1. The van der Waals surface area contributed by atoms with Crippen LogP contribution in [0.2, 0.25) is 0 Å². The van der Waals surface area contributed by atoms with E-state index in [2.05, 4.69) is 13.2 Å². The molecule has 2 fully saturated rings. The summed E-state index contributed by atoms with van der Waals surface area (Å²) < 4.78 is 10.5. The first-order chi connectivity index (χ1) is 13.9. The van der Waals surface area contributed by atoms with Crippen molar-refractivity contribution in [1.82, 2.24) is 9.80 Å². The molecule has 0 aromatic rings. The van der Waals surface area contributed by atoms with E-state index in [1.54, 1.807) is 11.8 Å². The van der Waals surface area contributed by atoms with E-state index in [9.17, 15) is 19.5 Å². The van der Waals surface area contributed by atoms with Crippen molar-refractivity contribution in [3.63, 3.8) is 0 Å². The average molecular weight is 404 g/mol. The van der Waals surface area contributed by atoms with E-state index >= 15 is 0 Å². The van der Waals surface area contributed by atoms with Gasteiger partial charge in [-0.2, -0.15) is 0 Å². The number of amides is 2. The number of rotatable bonds is 7. The second-order valence-electron chi connectivity index (χ2n) is 7.58. The van der Waals surface area contributed by atoms with E-state index in [-0.39, 0.29) is 36.9 Å². The second kappa shape index (κ2) is 8.82. The van der Waals surface area contributed by atoms with Crippen molar-refractivity contribution < 1.29 is 29.0 Å². The van der Waals surface area contributed by atoms with Crippen LogP contribution in [0.3, 0.4) is 0 Å². The Kier molecular flexibility index (Phi) is 6.42. The Balaban J connectivity index is 1.93. The SMILES string of the molecule is C=CCOC(=O)C1=C(C2CCCCN2C(=O)OCC=C)C[C@@H]2[C@@H]([C@@H](C)O)C(=O)N12. The van der Waals surface area contributed by atoms with Crippen LogP contribution in [0.5, 0.6) is 0 Å². The highest BCUT2D eigenvalue weighted by Gasteiger charge is 2.58. The summed E-state index contributed by atoms with van der Waals surface area (Å²) in [6.07, 6.45) is 4.52. The van der Waals surface area contributed by atoms with Gasteiger partial charge >= 0.3 is 12.1 Å². The highest BCUT2D eigenvalue weighted by atomic mass is 16.6. The number of β-lactam (4-membered cyclic amide) rings is 1. The number of nitrogens with zero attached hydrogens (tertiary/aromatic N) is 2. The molecule has 1 N–H and O–H groups in total. The molecule has 158 valence electrons. The third kappa shape index (κ3) is 3.81. The maximum Gasteiger partial charge on any atom is 0.410 e. The number of hydrogen-bond acceptors (Lipinski definition) is 6. The molecule has 2 saturated heterocycles. The molecular formula is C21H28N2O6. The summed E-state index contributed by atoms with van der Waals surface area (Å²) in [7, 11) is 0. The van der Waals surface area contributed by atoms with Gasteiger partial charge in [-0.25, -0.2) is 9.59 Å². The Bertz CT molecular complexity index is 743. The van der Waals surface area contributed by atoms with Crippen LogP contribution >= 0.6 is 0 Å². The standard InChI is InChI=1S/C21H28N2O6/c1-4-10-28-20(26)18-14(12-16-17(13(3)24)19(25)23(16)18)15-8-6-7-9-22(15)21(27)29-11-5-2/h4-5,13,15-17,24H,1-2,6-12H2,3H3/t13-,15?,16-,17-/m1/s1. The van der Waals surface area contributed by atoms with Gasteiger partial charge in [-0.1, -0.05) is 25.3 Å². The Labute approximate surface area is 170 Å². The molecule has 0 aromatic heterocycles. The number of aliphatic hydroxyl groups is 1. The lowest BCUT2D eigenvalue weighted by molar-refractivity contribution is -0.162. The number of carbonyl (C=O) groups excluding carboxylic acids is 3. The van der Waals surface area contributed by atoms with Crippen LogP contribution in [0.25, 0.3) is 0 Å². The molecule has 3 rings (SSSR count). The molecule has 8 nitrogen and oxygen atoms in total. The van der Waals surface area contributed by atoms with E-state index in [4.69, 9.17) is 9.47 Å². The number of aliphatic hydroxyl groups excluding tert-OH is 1. The van der Waals surface area contributed by atoms with Gasteiger partial charge in [0, 0.05) is 6.54 Å². The summed E-state index contributed by atoms with van der Waals surface area (Å²) in [4.78, 5) is 41.1. The van der Waals surface area contributed by atoms with Gasteiger partial charge in [-0.05, 0) is 38.2 Å². The molecule has 0 saturated carbocycles. The summed E-state index contributed by atoms with van der Waals surface area (Å²) in [5, 5.41) is 10.0. The molecule has 0 radical (unpaired) electrons. The fourth-order valence-electron chi connectivity index (χ4n) is 4.52. The molecule has 1 unspecified atom stereocenters. The van der Waals surface area contributed by atoms with E-state index in [1.807, 2.05) is 0 Å². The molecule has 0 spiro atoms. The normalized spacial score (nSPS) is 27.1. The molecule has 3 heterocycles. The fraction of sp³-hybridized carbons (Fsp3) is 0.571. The molecule has 3 aliphatic heterocycles. The third-order valence-electron chi connectivity index (χ3n) is 5.75. The lowest BCUT2D eigenvalue weighted by atomic mass is 9.82. The number of carbonyl (C=O) groups is 3. The highest BCUT2D eigenvalue weighted by molar-refractivity contribution is 6.00. The number of esters is 1. The van der Waals surface area contributed by atoms with Crippen LogP contribution < -0.4 is 0 Å². The zero-order chi connectivity index (χ0) is 21.1. The molecule has 4 atom stereocenters. The lowest BCUT2D eigenvalue weighted by Crippen LogP contribution is -2.61. The molecule has 0 aromatic carbocycles. The summed E-state index contributed by atoms with van der Waals surface area (Å²) in [6, 6.07) is -0.642. The molecular weight excluding hydrogens is 376 g/mol. The van der Waals surface area contributed by atoms with Gasteiger partial charge in [-0.15, -0.1) is 0 Å². The minimum absolute atomic E-state index is 0.0257. The zero-order valence-corrected chi connectivity index (χ0v) is 16.7. The highest BCUT2D eigenvalue weighted by Crippen LogP contribution is 2.46. The Morgan fingerprint density at radius 1 is 1.24 bits per heavy atom. The monoisotopic (exact) mass is 404 g/mol. The summed E-state index contributed by atoms with van der Waals surface area (Å²) >= 11 is 0. The lowest BCUT2D eigenvalue weighted by Gasteiger charge is -2.44. The summed E-state index contributed by atoms with van der Waals surface area (Å²) in [5.74, 6) is -1.45. The minimum atomic E-state index is -0.812. The van der Waals surface area contributed by atoms with Gasteiger partial charge < -0.3 is 24.4 Å². The largest absolute Gasteiger partial charge is 0.457 e. The van der Waals surface area contributed by atoms with Gasteiger partial charge in [0.1, 0.15) is 18.9 Å². The van der Waals surface area contributed by atoms with Crippen molar-refractivity contribution >= 4 is 18.0 Å². The maximum atomic E-state index is 12.8. The molecule has 2 amide bonds. The number of likely N-dealkylation sites (tertiary alicyclic amines) is 1. The van der Waals surface area contributed by atoms with Crippen molar-refractivity contribution in [3.8, 4) is 0 Å². The van der Waals surface area contributed by atoms with E-state index in [0.717, 1.165) is 12.8 Å². The van der Waals surface area contributed by atoms with Crippen LogP contribution in [-0.4, -0.2) is 70.8 Å². The minimum Gasteiger partial charge on any atom is -0.457 e. The van der Waals surface area contributed by atoms with Crippen LogP contribution in [-0.2, 0) is 19.1 Å². The van der Waals surface area contributed by atoms with Crippen molar-refractivity contribution in [1.29, 1.82) is 0 Å². The van der Waals surface area contributed by atoms with E-state index in [1.165, 1.54) is 17.1 Å². The van der Waals surface area contributed by atoms with Crippen molar-refractivity contribution in [2.24, 2.45) is 5.92 Å². The fourth-order valence-corrected chi connectivity index (χ4v) is 4.52. The second-order valence-corrected chi connectivity index (χ2v) is 7.58. The smallest absolute Gasteiger partial charge is 0.410 e. The Morgan fingerprint density at radius 3 is 2.59 bits per heavy atom. The number of hydrogen-bond donors (Lipinski definition) is 1. The third-order valence-corrected chi connectivity index (χ3v) is 5.75. The number of fused-ring (bicyclic) bond motifs is 1. The first-order valence-electron chi connectivity index (χ1n) is 9.98. The predicted molar refractivity (Wildman–Crippen MR) is 104 cm³/mol. The first kappa shape index (κ1) is 21.1. The molecule has 8 heteroatoms. The number of ether oxygens (including phenoxy) is 2. The summed E-state index contributed by atoms with van der Waals surface area (Å²) in [6.45, 7) is 9.32. The van der Waals surface area contributed by atoms with Crippen molar-refractivity contribution in [3.05, 3.63) is 36.6 Å². The van der Waals surface area contributed by atoms with Gasteiger partial charge in [0.2, 0.25) is 5.91 Å². The van der Waals surface area contributed by atoms with Gasteiger partial charge in [0.05, 0.1) is 24.1 Å². The van der Waals surface area contributed by atoms with E-state index < -0.39 is 24.1 Å². The van der Waals surface area contributed by atoms with Crippen LogP contribution in [0.1, 0.15) is 32.6 Å². The van der Waals surface area contributed by atoms with E-state index in [0.29, 0.717) is 25.0 Å². The Morgan fingerprint density at radius 2 is 1.93 bits per heavy atom. The van der Waals surface area contributed by atoms with Crippen LogP contribution in [0.4, 0.5) is 4.79 Å². The van der Waals surface area contributed by atoms with Crippen molar-refractivity contribution in [2.45, 2.75) is 50.8 Å². The molecule has 0 aliphatic carbocycles. The Hall–Kier alpha value is -2.61. The predicted octanol–water partition coefficient (Wildman–Crippen LogP) is 1.76. The first-order valence-corrected chi connectivity index (χ1v) is 9.98. The van der Waals surface area contributed by atoms with Crippen LogP contribution in [0, 0.1) is 5.92 Å².